The van der Waals surface area contributed by atoms with E-state index in [1.54, 1.807) is 19.2 Å². The molecule has 0 bridgehead atoms. The predicted octanol–water partition coefficient (Wildman–Crippen LogP) is 3.35. The van der Waals surface area contributed by atoms with Gasteiger partial charge in [-0.3, -0.25) is 4.90 Å². The van der Waals surface area contributed by atoms with Crippen molar-refractivity contribution in [3.05, 3.63) is 23.8 Å². The molecule has 0 aromatic heterocycles. The Morgan fingerprint density at radius 2 is 2.19 bits per heavy atom. The van der Waals surface area contributed by atoms with Crippen LogP contribution in [0.5, 0.6) is 11.5 Å². The fourth-order valence-corrected chi connectivity index (χ4v) is 3.27. The highest BCUT2D eigenvalue weighted by atomic mass is 16.5. The maximum atomic E-state index is 9.72. The van der Waals surface area contributed by atoms with E-state index in [9.17, 15) is 5.11 Å². The number of hydrogen-bond donors (Lipinski definition) is 1. The lowest BCUT2D eigenvalue weighted by atomic mass is 9.88. The first-order valence-electron chi connectivity index (χ1n) is 7.64. The maximum absolute atomic E-state index is 9.72. The minimum atomic E-state index is -0.244. The number of phenols is 1. The molecule has 4 heteroatoms. The first-order chi connectivity index (χ1) is 9.88. The predicted molar refractivity (Wildman–Crippen MR) is 83.9 cm³/mol. The number of nitrogens with zero attached hydrogens (tertiary/aromatic N) is 1. The number of aromatic hydroxyl groups is 1. The molecule has 0 fully saturated rings. The zero-order valence-corrected chi connectivity index (χ0v) is 13.7. The Hall–Kier alpha value is -1.26. The average molecular weight is 293 g/mol. The van der Waals surface area contributed by atoms with Crippen molar-refractivity contribution in [1.29, 1.82) is 0 Å². The molecule has 21 heavy (non-hydrogen) atoms. The number of methoxy groups -OCH3 is 1. The third-order valence-corrected chi connectivity index (χ3v) is 4.17. The van der Waals surface area contributed by atoms with Crippen LogP contribution in [0.15, 0.2) is 18.2 Å². The van der Waals surface area contributed by atoms with Crippen molar-refractivity contribution < 1.29 is 14.6 Å². The highest BCUT2D eigenvalue weighted by molar-refractivity contribution is 5.44. The van der Waals surface area contributed by atoms with Gasteiger partial charge in [-0.15, -0.1) is 0 Å². The van der Waals surface area contributed by atoms with Crippen LogP contribution in [0.2, 0.25) is 0 Å². The normalized spacial score (nSPS) is 21.7. The zero-order chi connectivity index (χ0) is 15.6. The number of phenolic OH excluding ortho intramolecular Hbond substituents is 1. The molecular formula is C17H27NO3. The molecule has 1 heterocycles. The van der Waals surface area contributed by atoms with E-state index in [1.807, 2.05) is 6.07 Å². The molecular weight excluding hydrogens is 266 g/mol. The molecule has 4 nitrogen and oxygen atoms in total. The molecule has 0 aliphatic carbocycles. The van der Waals surface area contributed by atoms with Crippen molar-refractivity contribution in [2.75, 3.05) is 20.3 Å². The summed E-state index contributed by atoms with van der Waals surface area (Å²) in [5, 5.41) is 9.72. The van der Waals surface area contributed by atoms with Crippen LogP contribution in [-0.4, -0.2) is 41.9 Å². The van der Waals surface area contributed by atoms with Gasteiger partial charge in [0.2, 0.25) is 0 Å². The van der Waals surface area contributed by atoms with Crippen molar-refractivity contribution in [1.82, 2.24) is 4.90 Å². The van der Waals surface area contributed by atoms with Crippen molar-refractivity contribution in [3.8, 4) is 11.5 Å². The second kappa shape index (κ2) is 6.24. The van der Waals surface area contributed by atoms with Crippen LogP contribution in [0, 0.1) is 0 Å². The van der Waals surface area contributed by atoms with Gasteiger partial charge in [0, 0.05) is 37.2 Å². The van der Waals surface area contributed by atoms with E-state index < -0.39 is 0 Å². The second-order valence-electron chi connectivity index (χ2n) is 6.44. The number of benzene rings is 1. The molecule has 0 amide bonds. The monoisotopic (exact) mass is 293 g/mol. The summed E-state index contributed by atoms with van der Waals surface area (Å²) < 4.78 is 11.4. The second-order valence-corrected chi connectivity index (χ2v) is 6.44. The Morgan fingerprint density at radius 3 is 2.81 bits per heavy atom. The summed E-state index contributed by atoms with van der Waals surface area (Å²) in [6.45, 7) is 10.2. The molecule has 2 unspecified atom stereocenters. The molecule has 1 aromatic rings. The van der Waals surface area contributed by atoms with E-state index in [0.717, 1.165) is 24.3 Å². The summed E-state index contributed by atoms with van der Waals surface area (Å²) in [7, 11) is 1.74. The highest BCUT2D eigenvalue weighted by Crippen LogP contribution is 2.44. The lowest BCUT2D eigenvalue weighted by Gasteiger charge is -2.44. The van der Waals surface area contributed by atoms with E-state index in [1.165, 1.54) is 0 Å². The van der Waals surface area contributed by atoms with Gasteiger partial charge in [-0.25, -0.2) is 0 Å². The van der Waals surface area contributed by atoms with Crippen LogP contribution in [-0.2, 0) is 4.74 Å². The van der Waals surface area contributed by atoms with E-state index in [4.69, 9.17) is 9.47 Å². The topological polar surface area (TPSA) is 41.9 Å². The Balaban J connectivity index is 2.38. The van der Waals surface area contributed by atoms with Crippen molar-refractivity contribution >= 4 is 0 Å². The third-order valence-electron chi connectivity index (χ3n) is 4.17. The Morgan fingerprint density at radius 1 is 1.48 bits per heavy atom. The minimum absolute atomic E-state index is 0.244. The van der Waals surface area contributed by atoms with Crippen LogP contribution < -0.4 is 4.74 Å². The summed E-state index contributed by atoms with van der Waals surface area (Å²) in [4.78, 5) is 2.45. The Bertz CT molecular complexity index is 487. The van der Waals surface area contributed by atoms with Gasteiger partial charge in [0.1, 0.15) is 17.1 Å². The quantitative estimate of drug-likeness (QED) is 0.904. The van der Waals surface area contributed by atoms with Gasteiger partial charge in [-0.05, 0) is 33.4 Å². The highest BCUT2D eigenvalue weighted by Gasteiger charge is 2.37. The van der Waals surface area contributed by atoms with Crippen LogP contribution in [0.1, 0.15) is 45.7 Å². The number of hydrogen-bond acceptors (Lipinski definition) is 4. The van der Waals surface area contributed by atoms with Gasteiger partial charge >= 0.3 is 0 Å². The van der Waals surface area contributed by atoms with E-state index >= 15 is 0 Å². The molecule has 1 aromatic carbocycles. The smallest absolute Gasteiger partial charge is 0.128 e. The van der Waals surface area contributed by atoms with Crippen LogP contribution in [0.25, 0.3) is 0 Å². The summed E-state index contributed by atoms with van der Waals surface area (Å²) in [6, 6.07) is 6.05. The fourth-order valence-electron chi connectivity index (χ4n) is 3.27. The fraction of sp³-hybridized carbons (Fsp3) is 0.647. The summed E-state index contributed by atoms with van der Waals surface area (Å²) >= 11 is 0. The molecule has 118 valence electrons. The summed E-state index contributed by atoms with van der Waals surface area (Å²) in [5.41, 5.74) is 0.906. The number of ether oxygens (including phenoxy) is 2. The summed E-state index contributed by atoms with van der Waals surface area (Å²) in [5.74, 6) is 1.04. The Labute approximate surface area is 127 Å². The van der Waals surface area contributed by atoms with Gasteiger partial charge in [-0.1, -0.05) is 13.0 Å². The van der Waals surface area contributed by atoms with Gasteiger partial charge in [-0.2, -0.15) is 0 Å². The van der Waals surface area contributed by atoms with Crippen molar-refractivity contribution in [3.63, 3.8) is 0 Å². The van der Waals surface area contributed by atoms with E-state index in [2.05, 4.69) is 32.6 Å². The lowest BCUT2D eigenvalue weighted by molar-refractivity contribution is 0.00377. The average Bonchev–Trinajstić information content (AvgIpc) is 2.37. The van der Waals surface area contributed by atoms with Gasteiger partial charge in [0.25, 0.3) is 0 Å². The molecule has 0 saturated carbocycles. The third kappa shape index (κ3) is 3.50. The molecule has 0 saturated heterocycles. The largest absolute Gasteiger partial charge is 0.508 e. The number of likely N-dealkylation sites (N-methyl/N-ethyl adjacent to an activating group) is 1. The SMILES string of the molecule is CCN(C(C)COC)C1CC(C)(C)Oc2cc(O)ccc21. The lowest BCUT2D eigenvalue weighted by Crippen LogP contribution is -2.45. The first kappa shape index (κ1) is 16.1. The molecule has 2 atom stereocenters. The molecule has 1 aliphatic heterocycles. The molecule has 1 aliphatic rings. The number of rotatable bonds is 5. The van der Waals surface area contributed by atoms with Gasteiger partial charge < -0.3 is 14.6 Å². The summed E-state index contributed by atoms with van der Waals surface area (Å²) in [6.07, 6.45) is 0.923. The van der Waals surface area contributed by atoms with Gasteiger partial charge in [0.05, 0.1) is 6.61 Å². The van der Waals surface area contributed by atoms with E-state index in [-0.39, 0.29) is 17.4 Å². The molecule has 1 N–H and O–H groups in total. The van der Waals surface area contributed by atoms with Crippen molar-refractivity contribution in [2.24, 2.45) is 0 Å². The standard InChI is InChI=1S/C17H27NO3/c1-6-18(12(2)11-20-5)15-10-17(3,4)21-16-9-13(19)7-8-14(15)16/h7-9,12,15,19H,6,10-11H2,1-5H3. The molecule has 0 spiro atoms. The number of fused-ring (bicyclic) bond motifs is 1. The van der Waals surface area contributed by atoms with Crippen LogP contribution >= 0.6 is 0 Å². The first-order valence-corrected chi connectivity index (χ1v) is 7.64. The Kier molecular flexibility index (Phi) is 4.79. The molecule has 2 rings (SSSR count). The van der Waals surface area contributed by atoms with Crippen LogP contribution in [0.4, 0.5) is 0 Å². The van der Waals surface area contributed by atoms with Crippen LogP contribution in [0.3, 0.4) is 0 Å². The molecule has 0 radical (unpaired) electrons. The maximum Gasteiger partial charge on any atom is 0.128 e. The van der Waals surface area contributed by atoms with Crippen molar-refractivity contribution in [2.45, 2.75) is 51.8 Å². The minimum Gasteiger partial charge on any atom is -0.508 e. The zero-order valence-electron chi connectivity index (χ0n) is 13.7. The van der Waals surface area contributed by atoms with Gasteiger partial charge in [0.15, 0.2) is 0 Å². The van der Waals surface area contributed by atoms with E-state index in [0.29, 0.717) is 12.6 Å².